The Bertz CT molecular complexity index is 771. The zero-order valence-electron chi connectivity index (χ0n) is 13.4. The second kappa shape index (κ2) is 7.05. The molecule has 1 saturated heterocycles. The van der Waals surface area contributed by atoms with Crippen molar-refractivity contribution in [1.82, 2.24) is 5.32 Å². The maximum Gasteiger partial charge on any atom is 0.234 e. The van der Waals surface area contributed by atoms with Crippen LogP contribution in [0.5, 0.6) is 0 Å². The third kappa shape index (κ3) is 3.29. The highest BCUT2D eigenvalue weighted by Gasteiger charge is 2.30. The van der Waals surface area contributed by atoms with Crippen LogP contribution in [0.25, 0.3) is 11.1 Å². The summed E-state index contributed by atoms with van der Waals surface area (Å²) in [7, 11) is 0. The molecule has 124 valence electrons. The second-order valence-corrected chi connectivity index (χ2v) is 6.20. The quantitative estimate of drug-likeness (QED) is 0.827. The number of rotatable bonds is 4. The molecule has 0 bridgehead atoms. The molecule has 3 rings (SSSR count). The average molecular weight is 343 g/mol. The number of piperidine rings is 1. The minimum atomic E-state index is -0.379. The lowest BCUT2D eigenvalue weighted by Crippen LogP contribution is -2.39. The molecule has 0 radical (unpaired) electrons. The Hall–Kier alpha value is -2.33. The van der Waals surface area contributed by atoms with Gasteiger partial charge in [-0.05, 0) is 36.6 Å². The smallest absolute Gasteiger partial charge is 0.234 e. The van der Waals surface area contributed by atoms with Gasteiger partial charge in [0.2, 0.25) is 11.8 Å². The van der Waals surface area contributed by atoms with E-state index in [1.807, 2.05) is 49.4 Å². The van der Waals surface area contributed by atoms with Crippen molar-refractivity contribution in [3.8, 4) is 11.1 Å². The van der Waals surface area contributed by atoms with Gasteiger partial charge >= 0.3 is 0 Å². The first kappa shape index (κ1) is 16.5. The molecule has 1 fully saturated rings. The number of amides is 2. The third-order valence-electron chi connectivity index (χ3n) is 4.22. The van der Waals surface area contributed by atoms with Gasteiger partial charge in [0.1, 0.15) is 0 Å². The molecule has 1 atom stereocenters. The molecule has 4 nitrogen and oxygen atoms in total. The topological polar surface area (TPSA) is 58.2 Å². The fourth-order valence-corrected chi connectivity index (χ4v) is 3.37. The summed E-state index contributed by atoms with van der Waals surface area (Å²) in [6, 6.07) is 13.7. The van der Waals surface area contributed by atoms with Crippen LogP contribution in [0.4, 0.5) is 5.69 Å². The fourth-order valence-electron chi connectivity index (χ4n) is 3.00. The van der Waals surface area contributed by atoms with Crippen molar-refractivity contribution in [2.75, 3.05) is 11.9 Å². The van der Waals surface area contributed by atoms with E-state index >= 15 is 0 Å². The third-order valence-corrected chi connectivity index (χ3v) is 4.64. The van der Waals surface area contributed by atoms with Gasteiger partial charge in [-0.1, -0.05) is 41.9 Å². The summed E-state index contributed by atoms with van der Waals surface area (Å²) < 4.78 is 0. The Balaban J connectivity index is 1.93. The predicted molar refractivity (Wildman–Crippen MR) is 96.2 cm³/mol. The molecule has 0 saturated carbocycles. The van der Waals surface area contributed by atoms with E-state index in [0.29, 0.717) is 17.9 Å². The van der Waals surface area contributed by atoms with E-state index in [1.165, 1.54) is 0 Å². The van der Waals surface area contributed by atoms with E-state index in [9.17, 15) is 9.59 Å². The standard InChI is InChI=1S/C19H19ClN2O2/c1-2-21-13-8-6-12(7-9-13)14-4-3-5-15(18(14)20)16-10-11-17(23)22-19(16)24/h3-9,16,21H,2,10-11H2,1H3,(H,22,23,24). The van der Waals surface area contributed by atoms with Crippen LogP contribution in [0.3, 0.4) is 0 Å². The number of nitrogens with one attached hydrogen (secondary N) is 2. The highest BCUT2D eigenvalue weighted by atomic mass is 35.5. The number of carbonyl (C=O) groups excluding carboxylic acids is 2. The van der Waals surface area contributed by atoms with Crippen LogP contribution in [-0.2, 0) is 9.59 Å². The molecular formula is C19H19ClN2O2. The van der Waals surface area contributed by atoms with Crippen LogP contribution in [0.2, 0.25) is 5.02 Å². The van der Waals surface area contributed by atoms with E-state index in [1.54, 1.807) is 0 Å². The summed E-state index contributed by atoms with van der Waals surface area (Å²) >= 11 is 6.60. The van der Waals surface area contributed by atoms with Crippen LogP contribution in [0.1, 0.15) is 31.2 Å². The number of anilines is 1. The molecule has 1 unspecified atom stereocenters. The number of imide groups is 1. The molecule has 2 amide bonds. The van der Waals surface area contributed by atoms with Crippen molar-refractivity contribution >= 4 is 29.1 Å². The molecule has 1 aliphatic heterocycles. The summed E-state index contributed by atoms with van der Waals surface area (Å²) in [6.07, 6.45) is 0.835. The Kier molecular flexibility index (Phi) is 4.86. The molecule has 2 aromatic carbocycles. The lowest BCUT2D eigenvalue weighted by molar-refractivity contribution is -0.134. The molecule has 1 aliphatic rings. The van der Waals surface area contributed by atoms with Crippen LogP contribution < -0.4 is 10.6 Å². The maximum absolute atomic E-state index is 12.1. The molecule has 24 heavy (non-hydrogen) atoms. The maximum atomic E-state index is 12.1. The van der Waals surface area contributed by atoms with Gasteiger partial charge in [-0.25, -0.2) is 0 Å². The molecule has 0 aromatic heterocycles. The zero-order valence-corrected chi connectivity index (χ0v) is 14.2. The summed E-state index contributed by atoms with van der Waals surface area (Å²) in [4.78, 5) is 23.5. The summed E-state index contributed by atoms with van der Waals surface area (Å²) in [5.74, 6) is -0.869. The highest BCUT2D eigenvalue weighted by molar-refractivity contribution is 6.34. The normalized spacial score (nSPS) is 17.5. The molecule has 0 aliphatic carbocycles. The van der Waals surface area contributed by atoms with Gasteiger partial charge in [-0.15, -0.1) is 0 Å². The van der Waals surface area contributed by atoms with Crippen LogP contribution in [0, 0.1) is 0 Å². The van der Waals surface area contributed by atoms with Gasteiger partial charge in [0.15, 0.2) is 0 Å². The minimum Gasteiger partial charge on any atom is -0.385 e. The van der Waals surface area contributed by atoms with Crippen LogP contribution in [0.15, 0.2) is 42.5 Å². The van der Waals surface area contributed by atoms with Gasteiger partial charge < -0.3 is 5.32 Å². The number of carbonyl (C=O) groups is 2. The number of benzene rings is 2. The van der Waals surface area contributed by atoms with E-state index < -0.39 is 0 Å². The van der Waals surface area contributed by atoms with Crippen molar-refractivity contribution in [3.05, 3.63) is 53.1 Å². The summed E-state index contributed by atoms with van der Waals surface area (Å²) in [5.41, 5.74) is 3.71. The number of halogens is 1. The zero-order chi connectivity index (χ0) is 17.1. The van der Waals surface area contributed by atoms with Crippen LogP contribution >= 0.6 is 11.6 Å². The van der Waals surface area contributed by atoms with Gasteiger partial charge in [0, 0.05) is 24.2 Å². The van der Waals surface area contributed by atoms with Gasteiger partial charge in [-0.2, -0.15) is 0 Å². The molecule has 0 spiro atoms. The minimum absolute atomic E-state index is 0.220. The van der Waals surface area contributed by atoms with Crippen molar-refractivity contribution in [3.63, 3.8) is 0 Å². The molecular weight excluding hydrogens is 324 g/mol. The lowest BCUT2D eigenvalue weighted by Gasteiger charge is -2.23. The molecule has 2 aromatic rings. The van der Waals surface area contributed by atoms with Gasteiger partial charge in [0.25, 0.3) is 0 Å². The van der Waals surface area contributed by atoms with Crippen molar-refractivity contribution in [2.24, 2.45) is 0 Å². The number of hydrogen-bond donors (Lipinski definition) is 2. The van der Waals surface area contributed by atoms with Crippen molar-refractivity contribution in [1.29, 1.82) is 0 Å². The number of hydrogen-bond acceptors (Lipinski definition) is 3. The van der Waals surface area contributed by atoms with Gasteiger partial charge in [-0.3, -0.25) is 14.9 Å². The molecule has 1 heterocycles. The van der Waals surface area contributed by atoms with Gasteiger partial charge in [0.05, 0.1) is 10.9 Å². The Morgan fingerprint density at radius 2 is 1.92 bits per heavy atom. The molecule has 2 N–H and O–H groups in total. The monoisotopic (exact) mass is 342 g/mol. The average Bonchev–Trinajstić information content (AvgIpc) is 2.57. The summed E-state index contributed by atoms with van der Waals surface area (Å²) in [5, 5.41) is 6.22. The van der Waals surface area contributed by atoms with Crippen molar-refractivity contribution in [2.45, 2.75) is 25.7 Å². The second-order valence-electron chi connectivity index (χ2n) is 5.82. The predicted octanol–water partition coefficient (Wildman–Crippen LogP) is 3.96. The first-order valence-electron chi connectivity index (χ1n) is 8.06. The van der Waals surface area contributed by atoms with E-state index in [0.717, 1.165) is 28.9 Å². The Morgan fingerprint density at radius 1 is 1.17 bits per heavy atom. The Morgan fingerprint density at radius 3 is 2.58 bits per heavy atom. The summed E-state index contributed by atoms with van der Waals surface area (Å²) in [6.45, 7) is 2.92. The Labute approximate surface area is 146 Å². The lowest BCUT2D eigenvalue weighted by atomic mass is 9.88. The van der Waals surface area contributed by atoms with E-state index in [-0.39, 0.29) is 17.7 Å². The van der Waals surface area contributed by atoms with E-state index in [2.05, 4.69) is 10.6 Å². The highest BCUT2D eigenvalue weighted by Crippen LogP contribution is 2.37. The first-order valence-corrected chi connectivity index (χ1v) is 8.44. The first-order chi connectivity index (χ1) is 11.6. The van der Waals surface area contributed by atoms with Crippen molar-refractivity contribution < 1.29 is 9.59 Å². The molecule has 5 heteroatoms. The SMILES string of the molecule is CCNc1ccc(-c2cccc(C3CCC(=O)NC3=O)c2Cl)cc1. The van der Waals surface area contributed by atoms with Crippen LogP contribution in [-0.4, -0.2) is 18.4 Å². The fraction of sp³-hybridized carbons (Fsp3) is 0.263. The largest absolute Gasteiger partial charge is 0.385 e. The van der Waals surface area contributed by atoms with E-state index in [4.69, 9.17) is 11.6 Å².